The van der Waals surface area contributed by atoms with E-state index in [1.807, 2.05) is 0 Å². The summed E-state index contributed by atoms with van der Waals surface area (Å²) < 4.78 is 0. The van der Waals surface area contributed by atoms with Gasteiger partial charge in [-0.25, -0.2) is 0 Å². The van der Waals surface area contributed by atoms with Gasteiger partial charge in [-0.05, 0) is 45.2 Å². The molecule has 0 bridgehead atoms. The summed E-state index contributed by atoms with van der Waals surface area (Å²) in [4.78, 5) is 13.7. The van der Waals surface area contributed by atoms with Gasteiger partial charge in [-0.1, -0.05) is 162 Å². The fourth-order valence-corrected chi connectivity index (χ4v) is 5.72. The first-order valence-electron chi connectivity index (χ1n) is 17.1. The third-order valence-electron chi connectivity index (χ3n) is 8.27. The monoisotopic (exact) mass is 546 g/mol. The first kappa shape index (κ1) is 40.6. The minimum Gasteiger partial charge on any atom is -0.550 e. The number of rotatable bonds is 31. The standard InChI is InChI=1S/C34H69NO2.Na/c1-4-7-9-11-13-15-17-19-21-23-25-27-31-35(33(6-3)29-30-34(36)37)32-28-26-24-22-20-18-16-14-12-10-8-5-2;/h33H,4-32H2,1-3H3,(H,36,37);/q;+1/p-1. The Balaban J connectivity index is 0. The normalized spacial score (nSPS) is 12.1. The molecule has 0 rings (SSSR count). The quantitative estimate of drug-likeness (QED) is 0.0695. The molecule has 1 atom stereocenters. The molecular formula is C34H68NNaO2. The predicted octanol–water partition coefficient (Wildman–Crippen LogP) is 7.00. The predicted molar refractivity (Wildman–Crippen MR) is 162 cm³/mol. The summed E-state index contributed by atoms with van der Waals surface area (Å²) in [6.07, 6.45) is 35.2. The van der Waals surface area contributed by atoms with Crippen molar-refractivity contribution in [3.63, 3.8) is 0 Å². The van der Waals surface area contributed by atoms with Crippen molar-refractivity contribution < 1.29 is 39.5 Å². The Morgan fingerprint density at radius 3 is 1.08 bits per heavy atom. The third-order valence-corrected chi connectivity index (χ3v) is 8.27. The molecule has 0 aliphatic carbocycles. The summed E-state index contributed by atoms with van der Waals surface area (Å²) in [6, 6.07) is 0.401. The van der Waals surface area contributed by atoms with Crippen LogP contribution in [0.4, 0.5) is 0 Å². The summed E-state index contributed by atoms with van der Waals surface area (Å²) in [6.45, 7) is 9.07. The molecule has 0 saturated heterocycles. The molecule has 0 aromatic carbocycles. The molecule has 0 amide bonds. The maximum atomic E-state index is 11.1. The maximum Gasteiger partial charge on any atom is 1.00 e. The van der Waals surface area contributed by atoms with Crippen molar-refractivity contribution >= 4 is 5.97 Å². The Morgan fingerprint density at radius 1 is 0.526 bits per heavy atom. The van der Waals surface area contributed by atoms with Crippen molar-refractivity contribution in [2.75, 3.05) is 13.1 Å². The summed E-state index contributed by atoms with van der Waals surface area (Å²) in [5, 5.41) is 11.1. The molecule has 0 saturated carbocycles. The number of carboxylic acids is 1. The van der Waals surface area contributed by atoms with Crippen LogP contribution in [0.15, 0.2) is 0 Å². The Bertz CT molecular complexity index is 432. The van der Waals surface area contributed by atoms with Gasteiger partial charge < -0.3 is 14.8 Å². The van der Waals surface area contributed by atoms with E-state index in [1.165, 1.54) is 154 Å². The van der Waals surface area contributed by atoms with Gasteiger partial charge in [0.15, 0.2) is 0 Å². The van der Waals surface area contributed by atoms with Crippen LogP contribution in [-0.4, -0.2) is 30.0 Å². The zero-order chi connectivity index (χ0) is 27.2. The Kier molecular flexibility index (Phi) is 35.9. The fraction of sp³-hybridized carbons (Fsp3) is 0.971. The van der Waals surface area contributed by atoms with Crippen molar-refractivity contribution in [1.82, 2.24) is 4.90 Å². The van der Waals surface area contributed by atoms with E-state index in [0.717, 1.165) is 25.9 Å². The van der Waals surface area contributed by atoms with Gasteiger partial charge in [-0.3, -0.25) is 0 Å². The number of carboxylic acid groups (broad SMARTS) is 1. The van der Waals surface area contributed by atoms with Gasteiger partial charge in [0.05, 0.1) is 0 Å². The summed E-state index contributed by atoms with van der Waals surface area (Å²) >= 11 is 0. The molecule has 4 heteroatoms. The number of nitrogens with zero attached hydrogens (tertiary/aromatic N) is 1. The number of hydrogen-bond acceptors (Lipinski definition) is 3. The zero-order valence-corrected chi connectivity index (χ0v) is 28.8. The van der Waals surface area contributed by atoms with E-state index in [4.69, 9.17) is 0 Å². The van der Waals surface area contributed by atoms with Crippen molar-refractivity contribution in [3.8, 4) is 0 Å². The second-order valence-corrected chi connectivity index (χ2v) is 11.8. The second-order valence-electron chi connectivity index (χ2n) is 11.8. The number of hydrogen-bond donors (Lipinski definition) is 0. The number of carbonyl (C=O) groups excluding carboxylic acids is 1. The van der Waals surface area contributed by atoms with Crippen LogP contribution in [-0.2, 0) is 4.79 Å². The van der Waals surface area contributed by atoms with Crippen molar-refractivity contribution in [1.29, 1.82) is 0 Å². The number of unbranched alkanes of at least 4 members (excludes halogenated alkanes) is 22. The van der Waals surface area contributed by atoms with E-state index in [2.05, 4.69) is 25.7 Å². The van der Waals surface area contributed by atoms with Crippen LogP contribution in [0.2, 0.25) is 0 Å². The molecule has 38 heavy (non-hydrogen) atoms. The molecule has 0 spiro atoms. The average molecular weight is 546 g/mol. The average Bonchev–Trinajstić information content (AvgIpc) is 2.89. The minimum atomic E-state index is -0.894. The zero-order valence-electron chi connectivity index (χ0n) is 26.8. The molecule has 222 valence electrons. The van der Waals surface area contributed by atoms with Crippen LogP contribution in [0.25, 0.3) is 0 Å². The van der Waals surface area contributed by atoms with Gasteiger partial charge in [-0.2, -0.15) is 0 Å². The van der Waals surface area contributed by atoms with Crippen LogP contribution in [0.3, 0.4) is 0 Å². The molecule has 1 unspecified atom stereocenters. The van der Waals surface area contributed by atoms with Gasteiger partial charge in [-0.15, -0.1) is 0 Å². The molecule has 0 N–H and O–H groups in total. The van der Waals surface area contributed by atoms with Gasteiger partial charge in [0.1, 0.15) is 0 Å². The second kappa shape index (κ2) is 33.6. The summed E-state index contributed by atoms with van der Waals surface area (Å²) in [7, 11) is 0. The first-order valence-corrected chi connectivity index (χ1v) is 17.1. The summed E-state index contributed by atoms with van der Waals surface area (Å²) in [5.74, 6) is -0.894. The van der Waals surface area contributed by atoms with Crippen LogP contribution in [0.1, 0.15) is 194 Å². The molecule has 0 aromatic heterocycles. The van der Waals surface area contributed by atoms with E-state index in [-0.39, 0.29) is 36.0 Å². The molecule has 0 fully saturated rings. The molecule has 0 radical (unpaired) electrons. The summed E-state index contributed by atoms with van der Waals surface area (Å²) in [5.41, 5.74) is 0. The number of aliphatic carboxylic acids is 1. The Morgan fingerprint density at radius 2 is 0.816 bits per heavy atom. The van der Waals surface area contributed by atoms with Crippen LogP contribution in [0.5, 0.6) is 0 Å². The molecule has 0 aliphatic rings. The molecule has 0 aromatic rings. The van der Waals surface area contributed by atoms with Gasteiger partial charge in [0.2, 0.25) is 0 Å². The topological polar surface area (TPSA) is 43.4 Å². The van der Waals surface area contributed by atoms with Crippen molar-refractivity contribution in [2.45, 2.75) is 200 Å². The van der Waals surface area contributed by atoms with E-state index in [1.54, 1.807) is 0 Å². The molecule has 3 nitrogen and oxygen atoms in total. The van der Waals surface area contributed by atoms with E-state index >= 15 is 0 Å². The van der Waals surface area contributed by atoms with E-state index < -0.39 is 5.97 Å². The first-order chi connectivity index (χ1) is 18.2. The van der Waals surface area contributed by atoms with Crippen LogP contribution >= 0.6 is 0 Å². The van der Waals surface area contributed by atoms with E-state index in [0.29, 0.717) is 6.04 Å². The molecule has 0 aliphatic heterocycles. The molecular weight excluding hydrogens is 477 g/mol. The smallest absolute Gasteiger partial charge is 0.550 e. The van der Waals surface area contributed by atoms with Gasteiger partial charge in [0, 0.05) is 12.0 Å². The minimum absolute atomic E-state index is 0. The van der Waals surface area contributed by atoms with Crippen LogP contribution < -0.4 is 34.7 Å². The van der Waals surface area contributed by atoms with Crippen LogP contribution in [0, 0.1) is 0 Å². The van der Waals surface area contributed by atoms with Crippen molar-refractivity contribution in [3.05, 3.63) is 0 Å². The third kappa shape index (κ3) is 29.4. The van der Waals surface area contributed by atoms with Gasteiger partial charge in [0.25, 0.3) is 0 Å². The number of carbonyl (C=O) groups is 1. The largest absolute Gasteiger partial charge is 1.00 e. The van der Waals surface area contributed by atoms with Crippen molar-refractivity contribution in [2.24, 2.45) is 0 Å². The Labute approximate surface area is 262 Å². The molecule has 0 heterocycles. The fourth-order valence-electron chi connectivity index (χ4n) is 5.72. The Hall–Kier alpha value is 0.430. The van der Waals surface area contributed by atoms with Gasteiger partial charge >= 0.3 is 29.6 Å². The van der Waals surface area contributed by atoms with E-state index in [9.17, 15) is 9.90 Å². The maximum absolute atomic E-state index is 11.1. The SMILES string of the molecule is CCCCCCCCCCCCCCN(CCCCCCCCCCCCCC)C(CC)CCC(=O)[O-].[Na+].